The van der Waals surface area contributed by atoms with Crippen LogP contribution >= 0.6 is 0 Å². The molecule has 0 bridgehead atoms. The van der Waals surface area contributed by atoms with Crippen molar-refractivity contribution in [1.82, 2.24) is 10.3 Å². The van der Waals surface area contributed by atoms with Gasteiger partial charge in [0.05, 0.1) is 6.10 Å². The number of benzene rings is 1. The Kier molecular flexibility index (Phi) is 2.87. The van der Waals surface area contributed by atoms with Crippen molar-refractivity contribution < 1.29 is 4.74 Å². The first-order valence-electron chi connectivity index (χ1n) is 6.24. The molecule has 90 valence electrons. The summed E-state index contributed by atoms with van der Waals surface area (Å²) in [5.74, 6) is 0. The second kappa shape index (κ2) is 4.51. The van der Waals surface area contributed by atoms with Crippen molar-refractivity contribution in [2.75, 3.05) is 6.61 Å². The number of ether oxygens (including phenoxy) is 1. The molecular formula is C14H18N2O. The Balaban J connectivity index is 1.67. The molecule has 17 heavy (non-hydrogen) atoms. The monoisotopic (exact) mass is 230 g/mol. The normalized spacial score (nSPS) is 24.5. The lowest BCUT2D eigenvalue weighted by molar-refractivity contribution is 0.113. The SMILES string of the molecule is CC1OCCC1NCc1ccc2[nH]ccc2c1. The van der Waals surface area contributed by atoms with Crippen molar-refractivity contribution in [3.05, 3.63) is 36.0 Å². The molecule has 2 aromatic rings. The van der Waals surface area contributed by atoms with Crippen LogP contribution in [0.1, 0.15) is 18.9 Å². The van der Waals surface area contributed by atoms with E-state index >= 15 is 0 Å². The molecule has 2 N–H and O–H groups in total. The van der Waals surface area contributed by atoms with Crippen LogP contribution in [0.4, 0.5) is 0 Å². The molecule has 0 aliphatic carbocycles. The number of aromatic amines is 1. The van der Waals surface area contributed by atoms with Gasteiger partial charge in [0.25, 0.3) is 0 Å². The lowest BCUT2D eigenvalue weighted by Gasteiger charge is -2.15. The number of hydrogen-bond donors (Lipinski definition) is 2. The van der Waals surface area contributed by atoms with Crippen LogP contribution in [0.15, 0.2) is 30.5 Å². The topological polar surface area (TPSA) is 37.0 Å². The highest BCUT2D eigenvalue weighted by molar-refractivity contribution is 5.79. The molecule has 1 fully saturated rings. The van der Waals surface area contributed by atoms with Gasteiger partial charge in [-0.3, -0.25) is 0 Å². The smallest absolute Gasteiger partial charge is 0.0700 e. The van der Waals surface area contributed by atoms with Crippen LogP contribution in [-0.4, -0.2) is 23.7 Å². The summed E-state index contributed by atoms with van der Waals surface area (Å²) in [7, 11) is 0. The Morgan fingerprint density at radius 2 is 2.35 bits per heavy atom. The molecule has 1 aliphatic heterocycles. The van der Waals surface area contributed by atoms with E-state index in [9.17, 15) is 0 Å². The fourth-order valence-corrected chi connectivity index (χ4v) is 2.46. The molecule has 1 aromatic carbocycles. The number of hydrogen-bond acceptors (Lipinski definition) is 2. The molecule has 0 amide bonds. The van der Waals surface area contributed by atoms with E-state index in [-0.39, 0.29) is 0 Å². The van der Waals surface area contributed by atoms with Crippen molar-refractivity contribution in [1.29, 1.82) is 0 Å². The first-order valence-corrected chi connectivity index (χ1v) is 6.24. The summed E-state index contributed by atoms with van der Waals surface area (Å²) in [5, 5.41) is 4.85. The molecule has 1 aliphatic rings. The minimum atomic E-state index is 0.339. The minimum absolute atomic E-state index is 0.339. The summed E-state index contributed by atoms with van der Waals surface area (Å²) in [4.78, 5) is 3.21. The molecule has 0 radical (unpaired) electrons. The van der Waals surface area contributed by atoms with Crippen molar-refractivity contribution in [3.8, 4) is 0 Å². The summed E-state index contributed by atoms with van der Waals surface area (Å²) < 4.78 is 5.54. The summed E-state index contributed by atoms with van der Waals surface area (Å²) in [6.07, 6.45) is 3.44. The summed E-state index contributed by atoms with van der Waals surface area (Å²) in [6, 6.07) is 9.16. The van der Waals surface area contributed by atoms with Crippen LogP contribution in [0.25, 0.3) is 10.9 Å². The zero-order valence-corrected chi connectivity index (χ0v) is 10.1. The maximum Gasteiger partial charge on any atom is 0.0700 e. The number of aromatic nitrogens is 1. The Morgan fingerprint density at radius 1 is 1.41 bits per heavy atom. The molecule has 2 heterocycles. The Bertz CT molecular complexity index is 506. The summed E-state index contributed by atoms with van der Waals surface area (Å²) in [6.45, 7) is 3.94. The average molecular weight is 230 g/mol. The number of nitrogens with one attached hydrogen (secondary N) is 2. The molecule has 2 atom stereocenters. The van der Waals surface area contributed by atoms with Gasteiger partial charge in [0.1, 0.15) is 0 Å². The van der Waals surface area contributed by atoms with Crippen LogP contribution in [0.3, 0.4) is 0 Å². The standard InChI is InChI=1S/C14H18N2O/c1-10-13(5-7-17-10)16-9-11-2-3-14-12(8-11)4-6-15-14/h2-4,6,8,10,13,15-16H,5,7,9H2,1H3. The first kappa shape index (κ1) is 10.8. The second-order valence-corrected chi connectivity index (χ2v) is 4.75. The third-order valence-electron chi connectivity index (χ3n) is 3.56. The highest BCUT2D eigenvalue weighted by Gasteiger charge is 2.23. The van der Waals surface area contributed by atoms with E-state index in [2.05, 4.69) is 41.5 Å². The Morgan fingerprint density at radius 3 is 3.18 bits per heavy atom. The zero-order valence-electron chi connectivity index (χ0n) is 10.1. The fraction of sp³-hybridized carbons (Fsp3) is 0.429. The maximum atomic E-state index is 5.54. The molecule has 3 nitrogen and oxygen atoms in total. The molecular weight excluding hydrogens is 212 g/mol. The molecule has 3 heteroatoms. The van der Waals surface area contributed by atoms with E-state index in [0.29, 0.717) is 12.1 Å². The number of H-pyrrole nitrogens is 1. The van der Waals surface area contributed by atoms with Gasteiger partial charge in [-0.1, -0.05) is 6.07 Å². The highest BCUT2D eigenvalue weighted by atomic mass is 16.5. The Labute approximate surface area is 101 Å². The van der Waals surface area contributed by atoms with Gasteiger partial charge >= 0.3 is 0 Å². The average Bonchev–Trinajstić information content (AvgIpc) is 2.94. The second-order valence-electron chi connectivity index (χ2n) is 4.75. The molecule has 0 saturated carbocycles. The quantitative estimate of drug-likeness (QED) is 0.849. The van der Waals surface area contributed by atoms with Gasteiger partial charge in [-0.05, 0) is 42.5 Å². The molecule has 2 unspecified atom stereocenters. The van der Waals surface area contributed by atoms with Crippen molar-refractivity contribution in [2.45, 2.75) is 32.0 Å². The van der Waals surface area contributed by atoms with Crippen LogP contribution in [0, 0.1) is 0 Å². The highest BCUT2D eigenvalue weighted by Crippen LogP contribution is 2.16. The third-order valence-corrected chi connectivity index (χ3v) is 3.56. The van der Waals surface area contributed by atoms with Gasteiger partial charge in [-0.2, -0.15) is 0 Å². The van der Waals surface area contributed by atoms with Gasteiger partial charge < -0.3 is 15.0 Å². The predicted octanol–water partition coefficient (Wildman–Crippen LogP) is 2.43. The predicted molar refractivity (Wildman–Crippen MR) is 69.0 cm³/mol. The van der Waals surface area contributed by atoms with Gasteiger partial charge in [0.2, 0.25) is 0 Å². The van der Waals surface area contributed by atoms with Gasteiger partial charge in [-0.25, -0.2) is 0 Å². The lowest BCUT2D eigenvalue weighted by Crippen LogP contribution is -2.34. The molecule has 1 saturated heterocycles. The number of fused-ring (bicyclic) bond motifs is 1. The van der Waals surface area contributed by atoms with E-state index in [4.69, 9.17) is 4.74 Å². The summed E-state index contributed by atoms with van der Waals surface area (Å²) in [5.41, 5.74) is 2.53. The van der Waals surface area contributed by atoms with E-state index in [1.165, 1.54) is 16.5 Å². The molecule has 1 aromatic heterocycles. The van der Waals surface area contributed by atoms with Gasteiger partial charge in [-0.15, -0.1) is 0 Å². The van der Waals surface area contributed by atoms with E-state index in [1.54, 1.807) is 0 Å². The van der Waals surface area contributed by atoms with Crippen LogP contribution < -0.4 is 5.32 Å². The largest absolute Gasteiger partial charge is 0.377 e. The van der Waals surface area contributed by atoms with Crippen molar-refractivity contribution in [3.63, 3.8) is 0 Å². The summed E-state index contributed by atoms with van der Waals surface area (Å²) >= 11 is 0. The van der Waals surface area contributed by atoms with E-state index in [1.807, 2.05) is 6.20 Å². The third kappa shape index (κ3) is 2.21. The van der Waals surface area contributed by atoms with Crippen molar-refractivity contribution >= 4 is 10.9 Å². The zero-order chi connectivity index (χ0) is 11.7. The first-order chi connectivity index (χ1) is 8.33. The molecule has 0 spiro atoms. The number of rotatable bonds is 3. The minimum Gasteiger partial charge on any atom is -0.377 e. The van der Waals surface area contributed by atoms with Gasteiger partial charge in [0, 0.05) is 30.9 Å². The van der Waals surface area contributed by atoms with Gasteiger partial charge in [0.15, 0.2) is 0 Å². The lowest BCUT2D eigenvalue weighted by atomic mass is 10.1. The fourth-order valence-electron chi connectivity index (χ4n) is 2.46. The van der Waals surface area contributed by atoms with Crippen LogP contribution in [0.5, 0.6) is 0 Å². The van der Waals surface area contributed by atoms with E-state index < -0.39 is 0 Å². The maximum absolute atomic E-state index is 5.54. The van der Waals surface area contributed by atoms with Crippen LogP contribution in [-0.2, 0) is 11.3 Å². The molecule has 3 rings (SSSR count). The Hall–Kier alpha value is -1.32. The van der Waals surface area contributed by atoms with Crippen molar-refractivity contribution in [2.24, 2.45) is 0 Å². The van der Waals surface area contributed by atoms with E-state index in [0.717, 1.165) is 19.6 Å². The van der Waals surface area contributed by atoms with Crippen LogP contribution in [0.2, 0.25) is 0 Å².